The highest BCUT2D eigenvalue weighted by Gasteiger charge is 2.17. The van der Waals surface area contributed by atoms with Crippen LogP contribution in [0, 0.1) is 0 Å². The minimum absolute atomic E-state index is 0. The van der Waals surface area contributed by atoms with Crippen LogP contribution in [0.1, 0.15) is 0 Å². The topological polar surface area (TPSA) is 28.2 Å². The summed E-state index contributed by atoms with van der Waals surface area (Å²) < 4.78 is 2.11. The van der Waals surface area contributed by atoms with Crippen LogP contribution in [0.4, 0.5) is 5.69 Å². The predicted octanol–water partition coefficient (Wildman–Crippen LogP) is 3.59. The van der Waals surface area contributed by atoms with Gasteiger partial charge in [0.05, 0.1) is 15.7 Å². The number of hydrogen-bond acceptors (Lipinski definition) is 3. The van der Waals surface area contributed by atoms with E-state index in [1.807, 2.05) is 12.3 Å². The number of aromatic nitrogens is 1. The standard InChI is InChI=1S/C13H13Br2N3.ClH/c14-10-3-1-2-9-12(10)17-8-11(15)13(9)18-6-4-16-5-7-18;/h1-3,8,16H,4-7H2;1H. The van der Waals surface area contributed by atoms with Crippen LogP contribution in [0.25, 0.3) is 10.9 Å². The fraction of sp³-hybridized carbons (Fsp3) is 0.308. The normalized spacial score (nSPS) is 15.4. The van der Waals surface area contributed by atoms with Crippen molar-refractivity contribution in [1.29, 1.82) is 0 Å². The van der Waals surface area contributed by atoms with E-state index in [9.17, 15) is 0 Å². The van der Waals surface area contributed by atoms with Crippen molar-refractivity contribution in [3.05, 3.63) is 33.3 Å². The fourth-order valence-electron chi connectivity index (χ4n) is 2.36. The molecule has 0 unspecified atom stereocenters. The minimum Gasteiger partial charge on any atom is -0.367 e. The number of piperazine rings is 1. The number of hydrogen-bond donors (Lipinski definition) is 1. The molecule has 0 atom stereocenters. The van der Waals surface area contributed by atoms with Gasteiger partial charge in [-0.15, -0.1) is 12.4 Å². The SMILES string of the molecule is Brc1cnc2c(Br)cccc2c1N1CCNCC1.Cl. The molecule has 2 aromatic rings. The molecule has 0 radical (unpaired) electrons. The van der Waals surface area contributed by atoms with Gasteiger partial charge in [0.2, 0.25) is 0 Å². The van der Waals surface area contributed by atoms with Gasteiger partial charge in [0, 0.05) is 42.2 Å². The van der Waals surface area contributed by atoms with Crippen molar-refractivity contribution < 1.29 is 0 Å². The maximum absolute atomic E-state index is 4.50. The van der Waals surface area contributed by atoms with Crippen molar-refractivity contribution in [1.82, 2.24) is 10.3 Å². The Morgan fingerprint density at radius 2 is 1.84 bits per heavy atom. The van der Waals surface area contributed by atoms with Crippen molar-refractivity contribution in [2.75, 3.05) is 31.1 Å². The van der Waals surface area contributed by atoms with E-state index in [4.69, 9.17) is 0 Å². The van der Waals surface area contributed by atoms with Gasteiger partial charge >= 0.3 is 0 Å². The number of anilines is 1. The molecule has 1 aromatic carbocycles. The molecule has 1 aromatic heterocycles. The molecule has 0 spiro atoms. The molecule has 0 bridgehead atoms. The van der Waals surface area contributed by atoms with Crippen LogP contribution in [-0.4, -0.2) is 31.2 Å². The third-order valence-corrected chi connectivity index (χ3v) is 4.43. The Bertz CT molecular complexity index is 585. The summed E-state index contributed by atoms with van der Waals surface area (Å²) in [4.78, 5) is 6.91. The van der Waals surface area contributed by atoms with Gasteiger partial charge in [-0.25, -0.2) is 0 Å². The maximum atomic E-state index is 4.50. The van der Waals surface area contributed by atoms with Crippen LogP contribution in [0.15, 0.2) is 33.3 Å². The minimum atomic E-state index is 0. The molecule has 6 heteroatoms. The highest BCUT2D eigenvalue weighted by atomic mass is 79.9. The maximum Gasteiger partial charge on any atom is 0.0865 e. The van der Waals surface area contributed by atoms with Crippen LogP contribution in [-0.2, 0) is 0 Å². The molecule has 1 aliphatic heterocycles. The summed E-state index contributed by atoms with van der Waals surface area (Å²) in [6, 6.07) is 6.23. The van der Waals surface area contributed by atoms with Crippen molar-refractivity contribution >= 4 is 60.9 Å². The number of rotatable bonds is 1. The van der Waals surface area contributed by atoms with E-state index < -0.39 is 0 Å². The zero-order valence-corrected chi connectivity index (χ0v) is 14.2. The first-order valence-corrected chi connectivity index (χ1v) is 7.54. The number of halogens is 3. The lowest BCUT2D eigenvalue weighted by Crippen LogP contribution is -2.43. The van der Waals surface area contributed by atoms with Gasteiger partial charge in [-0.2, -0.15) is 0 Å². The van der Waals surface area contributed by atoms with E-state index in [1.54, 1.807) is 0 Å². The second-order valence-corrected chi connectivity index (χ2v) is 6.04. The third kappa shape index (κ3) is 2.89. The number of nitrogens with one attached hydrogen (secondary N) is 1. The molecular weight excluding hydrogens is 393 g/mol. The van der Waals surface area contributed by atoms with Crippen LogP contribution in [0.5, 0.6) is 0 Å². The molecule has 0 saturated carbocycles. The van der Waals surface area contributed by atoms with Gasteiger partial charge < -0.3 is 10.2 Å². The number of benzene rings is 1. The van der Waals surface area contributed by atoms with Crippen LogP contribution in [0.3, 0.4) is 0 Å². The molecule has 1 saturated heterocycles. The zero-order valence-electron chi connectivity index (χ0n) is 10.2. The summed E-state index contributed by atoms with van der Waals surface area (Å²) in [7, 11) is 0. The average Bonchev–Trinajstić information content (AvgIpc) is 2.40. The first kappa shape index (κ1) is 15.0. The summed E-state index contributed by atoms with van der Waals surface area (Å²) >= 11 is 7.21. The molecule has 1 N–H and O–H groups in total. The molecule has 0 amide bonds. The van der Waals surface area contributed by atoms with Crippen LogP contribution < -0.4 is 10.2 Å². The Morgan fingerprint density at radius 3 is 2.58 bits per heavy atom. The number of nitrogens with zero attached hydrogens (tertiary/aromatic N) is 2. The lowest BCUT2D eigenvalue weighted by Gasteiger charge is -2.31. The smallest absolute Gasteiger partial charge is 0.0865 e. The Kier molecular flexibility index (Phi) is 5.06. The molecule has 2 heterocycles. The van der Waals surface area contributed by atoms with Crippen molar-refractivity contribution in [3.63, 3.8) is 0 Å². The predicted molar refractivity (Wildman–Crippen MR) is 89.5 cm³/mol. The van der Waals surface area contributed by atoms with E-state index >= 15 is 0 Å². The van der Waals surface area contributed by atoms with Crippen molar-refractivity contribution in [2.24, 2.45) is 0 Å². The molecule has 0 aliphatic carbocycles. The summed E-state index contributed by atoms with van der Waals surface area (Å²) in [5, 5.41) is 4.58. The Hall–Kier alpha value is -0.360. The molecule has 1 aliphatic rings. The Morgan fingerprint density at radius 1 is 1.11 bits per heavy atom. The Balaban J connectivity index is 0.00000133. The first-order chi connectivity index (χ1) is 8.77. The first-order valence-electron chi connectivity index (χ1n) is 5.96. The quantitative estimate of drug-likeness (QED) is 0.783. The van der Waals surface area contributed by atoms with Crippen molar-refractivity contribution in [3.8, 4) is 0 Å². The summed E-state index contributed by atoms with van der Waals surface area (Å²) in [5.74, 6) is 0. The lowest BCUT2D eigenvalue weighted by atomic mass is 10.1. The van der Waals surface area contributed by atoms with Gasteiger partial charge in [-0.1, -0.05) is 12.1 Å². The van der Waals surface area contributed by atoms with Crippen LogP contribution in [0.2, 0.25) is 0 Å². The lowest BCUT2D eigenvalue weighted by molar-refractivity contribution is 0.589. The number of pyridine rings is 1. The average molecular weight is 408 g/mol. The molecule has 1 fully saturated rings. The van der Waals surface area contributed by atoms with Crippen molar-refractivity contribution in [2.45, 2.75) is 0 Å². The summed E-state index contributed by atoms with van der Waals surface area (Å²) in [6.45, 7) is 4.13. The largest absolute Gasteiger partial charge is 0.367 e. The van der Waals surface area contributed by atoms with Crippen LogP contribution >= 0.6 is 44.3 Å². The van der Waals surface area contributed by atoms with E-state index in [0.29, 0.717) is 0 Å². The van der Waals surface area contributed by atoms with Gasteiger partial charge in [-0.05, 0) is 37.9 Å². The van der Waals surface area contributed by atoms with E-state index in [-0.39, 0.29) is 12.4 Å². The molecule has 3 rings (SSSR count). The van der Waals surface area contributed by atoms with Gasteiger partial charge in [0.15, 0.2) is 0 Å². The monoisotopic (exact) mass is 405 g/mol. The number of para-hydroxylation sites is 1. The fourth-order valence-corrected chi connectivity index (χ4v) is 3.39. The molecular formula is C13H14Br2ClN3. The highest BCUT2D eigenvalue weighted by molar-refractivity contribution is 9.11. The van der Waals surface area contributed by atoms with Gasteiger partial charge in [0.25, 0.3) is 0 Å². The van der Waals surface area contributed by atoms with Gasteiger partial charge in [-0.3, -0.25) is 4.98 Å². The van der Waals surface area contributed by atoms with Gasteiger partial charge in [0.1, 0.15) is 0 Å². The molecule has 3 nitrogen and oxygen atoms in total. The van der Waals surface area contributed by atoms with E-state index in [2.05, 4.69) is 59.2 Å². The zero-order chi connectivity index (χ0) is 12.5. The second kappa shape index (κ2) is 6.39. The van der Waals surface area contributed by atoms with E-state index in [0.717, 1.165) is 40.6 Å². The summed E-state index contributed by atoms with van der Waals surface area (Å²) in [5.41, 5.74) is 2.28. The number of fused-ring (bicyclic) bond motifs is 1. The van der Waals surface area contributed by atoms with E-state index in [1.165, 1.54) is 11.1 Å². The second-order valence-electron chi connectivity index (χ2n) is 4.33. The Labute approximate surface area is 135 Å². The molecule has 19 heavy (non-hydrogen) atoms. The molecule has 102 valence electrons. The summed E-state index contributed by atoms with van der Waals surface area (Å²) in [6.07, 6.45) is 1.89. The highest BCUT2D eigenvalue weighted by Crippen LogP contribution is 2.35. The third-order valence-electron chi connectivity index (χ3n) is 3.21.